The van der Waals surface area contributed by atoms with Gasteiger partial charge >= 0.3 is 5.97 Å². The average molecular weight is 442 g/mol. The highest BCUT2D eigenvalue weighted by Crippen LogP contribution is 2.36. The molecule has 3 rings (SSSR count). The van der Waals surface area contributed by atoms with Crippen molar-refractivity contribution in [1.29, 1.82) is 0 Å². The minimum absolute atomic E-state index is 0. The van der Waals surface area contributed by atoms with Crippen LogP contribution in [0.2, 0.25) is 0 Å². The Hall–Kier alpha value is -1.54. The van der Waals surface area contributed by atoms with Crippen molar-refractivity contribution in [3.63, 3.8) is 0 Å². The first-order valence-electron chi connectivity index (χ1n) is 8.95. The molecular weight excluding hydrogens is 418 g/mol. The Kier molecular flexibility index (Phi) is 7.95. The molecule has 0 atom stereocenters. The largest absolute Gasteiger partial charge is 0.465 e. The first-order chi connectivity index (χ1) is 13.0. The highest BCUT2D eigenvalue weighted by Gasteiger charge is 2.53. The van der Waals surface area contributed by atoms with Gasteiger partial charge in [-0.25, -0.2) is 8.42 Å². The number of piperidine rings is 1. The van der Waals surface area contributed by atoms with Gasteiger partial charge in [-0.1, -0.05) is 30.0 Å². The van der Waals surface area contributed by atoms with E-state index >= 15 is 0 Å². The fourth-order valence-electron chi connectivity index (χ4n) is 3.21. The van der Waals surface area contributed by atoms with Crippen molar-refractivity contribution >= 4 is 40.0 Å². The number of nitrogens with one attached hydrogen (secondary N) is 1. The maximum Gasteiger partial charge on any atom is 0.327 e. The van der Waals surface area contributed by atoms with Crippen LogP contribution in [0.5, 0.6) is 0 Å². The van der Waals surface area contributed by atoms with Crippen molar-refractivity contribution in [2.45, 2.75) is 39.2 Å². The maximum absolute atomic E-state index is 13.4. The molecule has 0 amide bonds. The number of sulfone groups is 1. The third kappa shape index (κ3) is 4.54. The van der Waals surface area contributed by atoms with Gasteiger partial charge in [-0.15, -0.1) is 12.4 Å². The molecule has 0 aromatic heterocycles. The Bertz CT molecular complexity index is 880. The molecule has 0 unspecified atom stereocenters. The van der Waals surface area contributed by atoms with Gasteiger partial charge in [-0.2, -0.15) is 0 Å². The first-order valence-corrected chi connectivity index (χ1v) is 11.2. The van der Waals surface area contributed by atoms with E-state index in [1.165, 1.54) is 0 Å². The van der Waals surface area contributed by atoms with Crippen LogP contribution in [0, 0.1) is 0 Å². The van der Waals surface area contributed by atoms with Crippen LogP contribution in [-0.4, -0.2) is 38.8 Å². The summed E-state index contributed by atoms with van der Waals surface area (Å²) in [5.41, 5.74) is 0. The highest BCUT2D eigenvalue weighted by atomic mass is 35.5. The van der Waals surface area contributed by atoms with E-state index < -0.39 is 20.6 Å². The second-order valence-electron chi connectivity index (χ2n) is 6.35. The van der Waals surface area contributed by atoms with Gasteiger partial charge in [-0.3, -0.25) is 4.79 Å². The summed E-state index contributed by atoms with van der Waals surface area (Å²) in [5, 5.41) is 3.12. The zero-order valence-electron chi connectivity index (χ0n) is 15.6. The van der Waals surface area contributed by atoms with Crippen LogP contribution in [0.25, 0.3) is 0 Å². The molecule has 0 aliphatic carbocycles. The monoisotopic (exact) mass is 441 g/mol. The molecule has 2 aromatic carbocycles. The second-order valence-corrected chi connectivity index (χ2v) is 9.76. The number of rotatable bonds is 6. The number of halogens is 1. The molecule has 1 fully saturated rings. The van der Waals surface area contributed by atoms with E-state index in [9.17, 15) is 13.2 Å². The van der Waals surface area contributed by atoms with Gasteiger partial charge < -0.3 is 10.1 Å². The quantitative estimate of drug-likeness (QED) is 0.689. The van der Waals surface area contributed by atoms with Gasteiger partial charge in [0, 0.05) is 9.79 Å². The molecule has 0 spiro atoms. The smallest absolute Gasteiger partial charge is 0.327 e. The zero-order chi connectivity index (χ0) is 19.3. The van der Waals surface area contributed by atoms with Crippen LogP contribution in [0.1, 0.15) is 19.8 Å². The molecule has 152 valence electrons. The predicted octanol–water partition coefficient (Wildman–Crippen LogP) is 3.72. The van der Waals surface area contributed by atoms with E-state index in [0.717, 1.165) is 9.79 Å². The molecule has 2 aromatic rings. The lowest BCUT2D eigenvalue weighted by atomic mass is 9.97. The fraction of sp³-hybridized carbons (Fsp3) is 0.350. The van der Waals surface area contributed by atoms with E-state index in [4.69, 9.17) is 4.74 Å². The van der Waals surface area contributed by atoms with E-state index in [0.29, 0.717) is 13.1 Å². The van der Waals surface area contributed by atoms with Crippen molar-refractivity contribution in [1.82, 2.24) is 5.32 Å². The van der Waals surface area contributed by atoms with E-state index in [1.807, 2.05) is 30.3 Å². The van der Waals surface area contributed by atoms with Crippen LogP contribution in [-0.2, 0) is 19.4 Å². The topological polar surface area (TPSA) is 72.5 Å². The third-order valence-electron chi connectivity index (χ3n) is 4.69. The first kappa shape index (κ1) is 22.7. The van der Waals surface area contributed by atoms with E-state index in [-0.39, 0.29) is 36.8 Å². The number of hydrogen-bond acceptors (Lipinski definition) is 6. The molecule has 1 N–H and O–H groups in total. The van der Waals surface area contributed by atoms with Gasteiger partial charge in [0.05, 0.1) is 11.5 Å². The molecule has 0 bridgehead atoms. The molecule has 1 aliphatic heterocycles. The van der Waals surface area contributed by atoms with Gasteiger partial charge in [0.2, 0.25) is 0 Å². The Morgan fingerprint density at radius 3 is 2.18 bits per heavy atom. The number of carbonyl (C=O) groups is 1. The minimum atomic E-state index is -3.86. The Labute approximate surface area is 176 Å². The maximum atomic E-state index is 13.4. The predicted molar refractivity (Wildman–Crippen MR) is 113 cm³/mol. The molecule has 1 heterocycles. The molecular formula is C20H24ClNO4S2. The lowest BCUT2D eigenvalue weighted by molar-refractivity contribution is -0.147. The molecule has 0 radical (unpaired) electrons. The summed E-state index contributed by atoms with van der Waals surface area (Å²) in [6.07, 6.45) is 0.434. The molecule has 5 nitrogen and oxygen atoms in total. The molecule has 28 heavy (non-hydrogen) atoms. The lowest BCUT2D eigenvalue weighted by Gasteiger charge is -2.34. The number of ether oxygens (including phenoxy) is 1. The molecule has 1 saturated heterocycles. The van der Waals surface area contributed by atoms with Crippen molar-refractivity contribution in [2.75, 3.05) is 19.7 Å². The summed E-state index contributed by atoms with van der Waals surface area (Å²) >= 11 is 1.56. The van der Waals surface area contributed by atoms with E-state index in [2.05, 4.69) is 5.32 Å². The van der Waals surface area contributed by atoms with Crippen LogP contribution in [0.4, 0.5) is 0 Å². The van der Waals surface area contributed by atoms with Crippen molar-refractivity contribution in [2.24, 2.45) is 0 Å². The van der Waals surface area contributed by atoms with Crippen molar-refractivity contribution < 1.29 is 17.9 Å². The fourth-order valence-corrected chi connectivity index (χ4v) is 6.02. The number of carbonyl (C=O) groups excluding carboxylic acids is 1. The van der Waals surface area contributed by atoms with Crippen LogP contribution in [0.15, 0.2) is 69.3 Å². The number of hydrogen-bond donors (Lipinski definition) is 1. The summed E-state index contributed by atoms with van der Waals surface area (Å²) in [5.74, 6) is -0.644. The van der Waals surface area contributed by atoms with Gasteiger partial charge in [0.25, 0.3) is 0 Å². The normalized spacial score (nSPS) is 16.0. The SMILES string of the molecule is CCOC(=O)C1(S(=O)(=O)c2ccc(Sc3ccccc3)cc2)CCNCC1.Cl. The average Bonchev–Trinajstić information content (AvgIpc) is 2.70. The second kappa shape index (κ2) is 9.78. The number of esters is 1. The summed E-state index contributed by atoms with van der Waals surface area (Å²) in [6, 6.07) is 16.6. The Morgan fingerprint density at radius 1 is 1.04 bits per heavy atom. The standard InChI is InChI=1S/C20H23NO4S2.ClH/c1-2-25-19(22)20(12-14-21-15-13-20)27(23,24)18-10-8-17(9-11-18)26-16-6-4-3-5-7-16;/h3-11,21H,2,12-15H2,1H3;1H. The molecule has 1 aliphatic rings. The van der Waals surface area contributed by atoms with Crippen LogP contribution < -0.4 is 5.32 Å². The zero-order valence-corrected chi connectivity index (χ0v) is 18.0. The molecule has 0 saturated carbocycles. The summed E-state index contributed by atoms with van der Waals surface area (Å²) in [6.45, 7) is 2.80. The number of benzene rings is 2. The van der Waals surface area contributed by atoms with Gasteiger partial charge in [-0.05, 0) is 69.3 Å². The molecule has 8 heteroatoms. The Morgan fingerprint density at radius 2 is 1.61 bits per heavy atom. The lowest BCUT2D eigenvalue weighted by Crippen LogP contribution is -2.54. The van der Waals surface area contributed by atoms with Crippen LogP contribution in [0.3, 0.4) is 0 Å². The summed E-state index contributed by atoms with van der Waals surface area (Å²) in [7, 11) is -3.86. The highest BCUT2D eigenvalue weighted by molar-refractivity contribution is 7.99. The summed E-state index contributed by atoms with van der Waals surface area (Å²) in [4.78, 5) is 14.8. The van der Waals surface area contributed by atoms with Crippen LogP contribution >= 0.6 is 24.2 Å². The van der Waals surface area contributed by atoms with Crippen molar-refractivity contribution in [3.05, 3.63) is 54.6 Å². The van der Waals surface area contributed by atoms with Gasteiger partial charge in [0.15, 0.2) is 14.6 Å². The van der Waals surface area contributed by atoms with Crippen molar-refractivity contribution in [3.8, 4) is 0 Å². The van der Waals surface area contributed by atoms with E-state index in [1.54, 1.807) is 43.0 Å². The third-order valence-corrected chi connectivity index (χ3v) is 8.20. The summed E-state index contributed by atoms with van der Waals surface area (Å²) < 4.78 is 30.4. The Balaban J connectivity index is 0.00000280. The minimum Gasteiger partial charge on any atom is -0.465 e. The van der Waals surface area contributed by atoms with Gasteiger partial charge in [0.1, 0.15) is 0 Å².